The Morgan fingerprint density at radius 3 is 2.50 bits per heavy atom. The summed E-state index contributed by atoms with van der Waals surface area (Å²) in [5.74, 6) is 0.0772. The molecule has 1 saturated heterocycles. The lowest BCUT2D eigenvalue weighted by Gasteiger charge is -2.17. The average molecular weight is 288 g/mol. The van der Waals surface area contributed by atoms with Crippen molar-refractivity contribution in [3.63, 3.8) is 0 Å². The lowest BCUT2D eigenvalue weighted by molar-refractivity contribution is -0.137. The highest BCUT2D eigenvalue weighted by Crippen LogP contribution is 2.29. The number of benzene rings is 1. The van der Waals surface area contributed by atoms with Crippen molar-refractivity contribution in [3.8, 4) is 0 Å². The summed E-state index contributed by atoms with van der Waals surface area (Å²) in [6.07, 6.45) is -3.65. The Bertz CT molecular complexity index is 473. The number of hydrogen-bond acceptors (Lipinski definition) is 2. The molecule has 20 heavy (non-hydrogen) atoms. The maximum absolute atomic E-state index is 12.4. The van der Waals surface area contributed by atoms with Crippen molar-refractivity contribution in [3.05, 3.63) is 29.8 Å². The molecule has 1 aromatic rings. The molecule has 7 heteroatoms. The number of aliphatic hydroxyl groups is 1. The lowest BCUT2D eigenvalue weighted by atomic mass is 10.1. The number of nitrogens with zero attached hydrogens (tertiary/aromatic N) is 1. The van der Waals surface area contributed by atoms with Gasteiger partial charge in [0.1, 0.15) is 0 Å². The first-order chi connectivity index (χ1) is 9.40. The van der Waals surface area contributed by atoms with Gasteiger partial charge in [-0.15, -0.1) is 0 Å². The number of rotatable bonds is 2. The standard InChI is InChI=1S/C13H15F3N2O2/c14-13(15,16)10-1-3-11(4-2-10)17-12(20)18-6-5-9(7-18)8-19/h1-4,9,19H,5-8H2,(H,17,20). The maximum Gasteiger partial charge on any atom is 0.416 e. The average Bonchev–Trinajstić information content (AvgIpc) is 2.87. The van der Waals surface area contributed by atoms with Crippen LogP contribution in [0.3, 0.4) is 0 Å². The SMILES string of the molecule is O=C(Nc1ccc(C(F)(F)F)cc1)N1CCC(CO)C1. The van der Waals surface area contributed by atoms with E-state index in [0.29, 0.717) is 18.8 Å². The highest BCUT2D eigenvalue weighted by molar-refractivity contribution is 5.89. The fourth-order valence-electron chi connectivity index (χ4n) is 2.11. The molecule has 1 unspecified atom stereocenters. The molecule has 0 aromatic heterocycles. The summed E-state index contributed by atoms with van der Waals surface area (Å²) in [6.45, 7) is 1.03. The van der Waals surface area contributed by atoms with Crippen LogP contribution in [0.5, 0.6) is 0 Å². The molecule has 1 heterocycles. The normalized spacial score (nSPS) is 19.2. The zero-order valence-corrected chi connectivity index (χ0v) is 10.7. The topological polar surface area (TPSA) is 52.6 Å². The molecule has 2 rings (SSSR count). The molecule has 2 amide bonds. The second kappa shape index (κ2) is 5.70. The Balaban J connectivity index is 1.95. The van der Waals surface area contributed by atoms with E-state index >= 15 is 0 Å². The van der Waals surface area contributed by atoms with Crippen LogP contribution in [-0.4, -0.2) is 35.7 Å². The van der Waals surface area contributed by atoms with Gasteiger partial charge in [0.15, 0.2) is 0 Å². The van der Waals surface area contributed by atoms with Gasteiger partial charge in [-0.05, 0) is 30.7 Å². The van der Waals surface area contributed by atoms with E-state index in [2.05, 4.69) is 5.32 Å². The predicted molar refractivity (Wildman–Crippen MR) is 67.2 cm³/mol. The van der Waals surface area contributed by atoms with E-state index in [1.165, 1.54) is 12.1 Å². The van der Waals surface area contributed by atoms with E-state index < -0.39 is 11.7 Å². The molecule has 1 fully saturated rings. The Morgan fingerprint density at radius 2 is 2.00 bits per heavy atom. The molecular weight excluding hydrogens is 273 g/mol. The number of urea groups is 1. The molecule has 110 valence electrons. The van der Waals surface area contributed by atoms with Crippen molar-refractivity contribution in [2.45, 2.75) is 12.6 Å². The quantitative estimate of drug-likeness (QED) is 0.878. The monoisotopic (exact) mass is 288 g/mol. The molecule has 0 bridgehead atoms. The van der Waals surface area contributed by atoms with Crippen molar-refractivity contribution in [1.82, 2.24) is 4.90 Å². The van der Waals surface area contributed by atoms with Crippen LogP contribution in [0.15, 0.2) is 24.3 Å². The number of amides is 2. The van der Waals surface area contributed by atoms with Crippen LogP contribution in [0.1, 0.15) is 12.0 Å². The van der Waals surface area contributed by atoms with Crippen LogP contribution in [0, 0.1) is 5.92 Å². The highest BCUT2D eigenvalue weighted by atomic mass is 19.4. The van der Waals surface area contributed by atoms with Crippen molar-refractivity contribution < 1.29 is 23.1 Å². The highest BCUT2D eigenvalue weighted by Gasteiger charge is 2.30. The second-order valence-corrected chi connectivity index (χ2v) is 4.79. The minimum absolute atomic E-state index is 0.0318. The van der Waals surface area contributed by atoms with Gasteiger partial charge in [0.2, 0.25) is 0 Å². The molecule has 4 nitrogen and oxygen atoms in total. The summed E-state index contributed by atoms with van der Waals surface area (Å²) in [6, 6.07) is 3.94. The van der Waals surface area contributed by atoms with E-state index in [4.69, 9.17) is 5.11 Å². The minimum atomic E-state index is -4.38. The number of alkyl halides is 3. The summed E-state index contributed by atoms with van der Waals surface area (Å²) >= 11 is 0. The van der Waals surface area contributed by atoms with E-state index in [9.17, 15) is 18.0 Å². The van der Waals surface area contributed by atoms with Crippen LogP contribution in [0.4, 0.5) is 23.7 Å². The van der Waals surface area contributed by atoms with E-state index in [0.717, 1.165) is 18.6 Å². The first-order valence-corrected chi connectivity index (χ1v) is 6.24. The van der Waals surface area contributed by atoms with Gasteiger partial charge in [-0.2, -0.15) is 13.2 Å². The Labute approximate surface area is 114 Å². The molecule has 1 aliphatic rings. The second-order valence-electron chi connectivity index (χ2n) is 4.79. The minimum Gasteiger partial charge on any atom is -0.396 e. The number of anilines is 1. The summed E-state index contributed by atoms with van der Waals surface area (Å²) in [5, 5.41) is 11.5. The largest absolute Gasteiger partial charge is 0.416 e. The smallest absolute Gasteiger partial charge is 0.396 e. The van der Waals surface area contributed by atoms with Crippen molar-refractivity contribution in [1.29, 1.82) is 0 Å². The van der Waals surface area contributed by atoms with Crippen LogP contribution < -0.4 is 5.32 Å². The molecule has 0 saturated carbocycles. The molecule has 0 aliphatic carbocycles. The van der Waals surface area contributed by atoms with E-state index in [-0.39, 0.29) is 18.6 Å². The third kappa shape index (κ3) is 3.41. The van der Waals surface area contributed by atoms with Gasteiger partial charge in [-0.3, -0.25) is 0 Å². The fraction of sp³-hybridized carbons (Fsp3) is 0.462. The Morgan fingerprint density at radius 1 is 1.35 bits per heavy atom. The van der Waals surface area contributed by atoms with E-state index in [1.807, 2.05) is 0 Å². The third-order valence-electron chi connectivity index (χ3n) is 3.29. The van der Waals surface area contributed by atoms with Gasteiger partial charge < -0.3 is 15.3 Å². The van der Waals surface area contributed by atoms with Crippen molar-refractivity contribution in [2.75, 3.05) is 25.0 Å². The number of aliphatic hydroxyl groups excluding tert-OH is 1. The number of hydrogen-bond donors (Lipinski definition) is 2. The summed E-state index contributed by atoms with van der Waals surface area (Å²) in [7, 11) is 0. The number of nitrogens with one attached hydrogen (secondary N) is 1. The Kier molecular flexibility index (Phi) is 4.17. The summed E-state index contributed by atoms with van der Waals surface area (Å²) in [5.41, 5.74) is -0.438. The van der Waals surface area contributed by atoms with Gasteiger partial charge >= 0.3 is 12.2 Å². The zero-order chi connectivity index (χ0) is 14.8. The first kappa shape index (κ1) is 14.6. The van der Waals surface area contributed by atoms with Crippen LogP contribution in [0.2, 0.25) is 0 Å². The number of carbonyl (C=O) groups excluding carboxylic acids is 1. The van der Waals surface area contributed by atoms with Crippen molar-refractivity contribution in [2.24, 2.45) is 5.92 Å². The molecule has 1 aliphatic heterocycles. The number of halogens is 3. The molecular formula is C13H15F3N2O2. The molecule has 1 atom stereocenters. The molecule has 2 N–H and O–H groups in total. The van der Waals surface area contributed by atoms with Crippen LogP contribution in [0.25, 0.3) is 0 Å². The molecule has 1 aromatic carbocycles. The third-order valence-corrected chi connectivity index (χ3v) is 3.29. The summed E-state index contributed by atoms with van der Waals surface area (Å²) < 4.78 is 37.2. The van der Waals surface area contributed by atoms with Crippen LogP contribution in [-0.2, 0) is 6.18 Å². The predicted octanol–water partition coefficient (Wildman–Crippen LogP) is 2.55. The van der Waals surface area contributed by atoms with Gasteiger partial charge in [0, 0.05) is 31.3 Å². The van der Waals surface area contributed by atoms with Gasteiger partial charge in [0.25, 0.3) is 0 Å². The van der Waals surface area contributed by atoms with Crippen molar-refractivity contribution >= 4 is 11.7 Å². The lowest BCUT2D eigenvalue weighted by Crippen LogP contribution is -2.33. The van der Waals surface area contributed by atoms with Gasteiger partial charge in [-0.1, -0.05) is 0 Å². The number of likely N-dealkylation sites (tertiary alicyclic amines) is 1. The molecule has 0 radical (unpaired) electrons. The van der Waals surface area contributed by atoms with Gasteiger partial charge in [0.05, 0.1) is 5.56 Å². The maximum atomic E-state index is 12.4. The van der Waals surface area contributed by atoms with Gasteiger partial charge in [-0.25, -0.2) is 4.79 Å². The number of carbonyl (C=O) groups is 1. The fourth-order valence-corrected chi connectivity index (χ4v) is 2.11. The molecule has 0 spiro atoms. The summed E-state index contributed by atoms with van der Waals surface area (Å²) in [4.78, 5) is 13.4. The first-order valence-electron chi connectivity index (χ1n) is 6.24. The Hall–Kier alpha value is -1.76. The van der Waals surface area contributed by atoms with E-state index in [1.54, 1.807) is 4.90 Å². The zero-order valence-electron chi connectivity index (χ0n) is 10.7. The van der Waals surface area contributed by atoms with Crippen LogP contribution >= 0.6 is 0 Å².